The van der Waals surface area contributed by atoms with Gasteiger partial charge >= 0.3 is 0 Å². The van der Waals surface area contributed by atoms with Crippen LogP contribution in [0, 0.1) is 6.92 Å². The van der Waals surface area contributed by atoms with Crippen LogP contribution in [0.2, 0.25) is 0 Å². The molecule has 0 spiro atoms. The molecule has 1 rings (SSSR count). The quantitative estimate of drug-likeness (QED) is 0.314. The summed E-state index contributed by atoms with van der Waals surface area (Å²) >= 11 is 0. The molecule has 1 atom stereocenters. The van der Waals surface area contributed by atoms with Crippen molar-refractivity contribution >= 4 is 0 Å². The predicted molar refractivity (Wildman–Crippen MR) is 82.6 cm³/mol. The molecule has 1 unspecified atom stereocenters. The second-order valence-electron chi connectivity index (χ2n) is 5.17. The molecular weight excluding hydrogens is 308 g/mol. The monoisotopic (exact) mass is 343 g/mol. The summed E-state index contributed by atoms with van der Waals surface area (Å²) in [6, 6.07) is 0. The third kappa shape index (κ3) is 97.0. The molecular formula is C15H35O5Ti-. The molecule has 0 amide bonds. The molecule has 0 saturated carbocycles. The Bertz CT molecular complexity index is 140. The third-order valence-electron chi connectivity index (χ3n) is 0.995. The molecule has 3 N–H and O–H groups in total. The van der Waals surface area contributed by atoms with Crippen molar-refractivity contribution in [3.8, 4) is 0 Å². The van der Waals surface area contributed by atoms with Gasteiger partial charge < -0.3 is 31.7 Å². The summed E-state index contributed by atoms with van der Waals surface area (Å²) in [5.74, 6) is 0. The second kappa shape index (κ2) is 22.8. The fraction of sp³-hybridized carbons (Fsp3) is 0.933. The Morgan fingerprint density at radius 1 is 1.00 bits per heavy atom. The minimum absolute atomic E-state index is 0. The van der Waals surface area contributed by atoms with E-state index in [0.717, 1.165) is 26.2 Å². The molecule has 1 heterocycles. The van der Waals surface area contributed by atoms with E-state index in [0.29, 0.717) is 6.10 Å². The van der Waals surface area contributed by atoms with Crippen molar-refractivity contribution in [1.82, 2.24) is 0 Å². The summed E-state index contributed by atoms with van der Waals surface area (Å²) in [7, 11) is 0. The summed E-state index contributed by atoms with van der Waals surface area (Å²) in [6.45, 7) is 16.4. The van der Waals surface area contributed by atoms with Gasteiger partial charge in [0, 0.05) is 46.6 Å². The van der Waals surface area contributed by atoms with Gasteiger partial charge in [-0.3, -0.25) is 0 Å². The van der Waals surface area contributed by atoms with Crippen LogP contribution in [0.15, 0.2) is 0 Å². The van der Waals surface area contributed by atoms with Gasteiger partial charge in [-0.05, 0) is 41.5 Å². The summed E-state index contributed by atoms with van der Waals surface area (Å²) in [6.07, 6.45) is 0.758. The smallest absolute Gasteiger partial charge is 0.104 e. The zero-order chi connectivity index (χ0) is 16.6. The molecule has 5 nitrogen and oxygen atoms in total. The Morgan fingerprint density at radius 3 is 1.48 bits per heavy atom. The van der Waals surface area contributed by atoms with Crippen LogP contribution in [0.5, 0.6) is 0 Å². The van der Waals surface area contributed by atoms with Gasteiger partial charge in [0.05, 0.1) is 13.2 Å². The van der Waals surface area contributed by atoms with Crippen molar-refractivity contribution in [2.45, 2.75) is 72.4 Å². The first kappa shape index (κ1) is 29.5. The number of epoxide rings is 1. The molecule has 0 radical (unpaired) electrons. The first-order valence-electron chi connectivity index (χ1n) is 7.16. The van der Waals surface area contributed by atoms with E-state index in [1.165, 1.54) is 0 Å². The predicted octanol–water partition coefficient (Wildman–Crippen LogP) is 1.78. The first-order chi connectivity index (χ1) is 9.13. The van der Waals surface area contributed by atoms with Crippen LogP contribution >= 0.6 is 0 Å². The number of ether oxygens (including phenoxy) is 2. The van der Waals surface area contributed by atoms with Gasteiger partial charge in [-0.1, -0.05) is 0 Å². The Kier molecular flexibility index (Phi) is 32.0. The van der Waals surface area contributed by atoms with E-state index in [1.807, 2.05) is 0 Å². The standard InChI is InChI=1S/C6H11O2.3C3H8O.Ti/c1-2-3-7-4-6-5-8-6;3*1-3(2)4;/h6H,1-5H2;3*3-4H,1-2H3;/q-1;;;;. The van der Waals surface area contributed by atoms with Crippen LogP contribution in [-0.2, 0) is 31.2 Å². The van der Waals surface area contributed by atoms with Crippen LogP contribution < -0.4 is 0 Å². The van der Waals surface area contributed by atoms with E-state index in [1.54, 1.807) is 41.5 Å². The number of aliphatic hydroxyl groups is 3. The maximum absolute atomic E-state index is 8.06. The molecule has 1 aliphatic heterocycles. The molecule has 0 aromatic rings. The molecule has 1 aliphatic rings. The number of hydrogen-bond acceptors (Lipinski definition) is 5. The van der Waals surface area contributed by atoms with E-state index in [-0.39, 0.29) is 40.0 Å². The van der Waals surface area contributed by atoms with Crippen molar-refractivity contribution in [2.24, 2.45) is 0 Å². The minimum atomic E-state index is -0.167. The maximum atomic E-state index is 8.06. The van der Waals surface area contributed by atoms with Crippen LogP contribution in [0.4, 0.5) is 0 Å². The topological polar surface area (TPSA) is 82.5 Å². The van der Waals surface area contributed by atoms with Gasteiger partial charge in [0.1, 0.15) is 6.10 Å². The van der Waals surface area contributed by atoms with Crippen LogP contribution in [0.1, 0.15) is 48.0 Å². The van der Waals surface area contributed by atoms with E-state index in [2.05, 4.69) is 6.92 Å². The number of hydrogen-bond donors (Lipinski definition) is 3. The van der Waals surface area contributed by atoms with Crippen molar-refractivity contribution in [2.75, 3.05) is 19.8 Å². The van der Waals surface area contributed by atoms with Crippen molar-refractivity contribution in [1.29, 1.82) is 0 Å². The molecule has 1 saturated heterocycles. The largest absolute Gasteiger partial charge is 0.394 e. The van der Waals surface area contributed by atoms with Crippen molar-refractivity contribution in [3.05, 3.63) is 6.92 Å². The van der Waals surface area contributed by atoms with Gasteiger partial charge in [0.25, 0.3) is 0 Å². The van der Waals surface area contributed by atoms with Crippen LogP contribution in [-0.4, -0.2) is 59.6 Å². The van der Waals surface area contributed by atoms with Gasteiger partial charge in [0.15, 0.2) is 0 Å². The molecule has 0 bridgehead atoms. The third-order valence-corrected chi connectivity index (χ3v) is 0.995. The Labute approximate surface area is 145 Å². The second-order valence-corrected chi connectivity index (χ2v) is 5.17. The van der Waals surface area contributed by atoms with E-state index >= 15 is 0 Å². The number of aliphatic hydroxyl groups excluding tert-OH is 3. The Balaban J connectivity index is -0.0000000973. The summed E-state index contributed by atoms with van der Waals surface area (Å²) in [5, 5.41) is 24.2. The summed E-state index contributed by atoms with van der Waals surface area (Å²) in [5.41, 5.74) is 0. The van der Waals surface area contributed by atoms with Gasteiger partial charge in [0.2, 0.25) is 0 Å². The summed E-state index contributed by atoms with van der Waals surface area (Å²) in [4.78, 5) is 0. The zero-order valence-corrected chi connectivity index (χ0v) is 16.1. The fourth-order valence-electron chi connectivity index (χ4n) is 0.481. The average molecular weight is 343 g/mol. The molecule has 130 valence electrons. The van der Waals surface area contributed by atoms with Crippen LogP contribution in [0.25, 0.3) is 0 Å². The zero-order valence-electron chi connectivity index (χ0n) is 14.5. The van der Waals surface area contributed by atoms with E-state index in [9.17, 15) is 0 Å². The minimum Gasteiger partial charge on any atom is -0.394 e. The fourth-order valence-corrected chi connectivity index (χ4v) is 0.481. The van der Waals surface area contributed by atoms with Crippen molar-refractivity contribution < 1.29 is 46.5 Å². The van der Waals surface area contributed by atoms with E-state index < -0.39 is 0 Å². The molecule has 0 aromatic carbocycles. The molecule has 0 aliphatic carbocycles. The van der Waals surface area contributed by atoms with Gasteiger partial charge in [-0.2, -0.15) is 6.42 Å². The molecule has 0 aromatic heterocycles. The SMILES string of the molecule is CC(C)O.CC(C)O.CC(C)O.[CH2-]CCOCC1CO1.[Ti]. The molecule has 1 fully saturated rings. The normalized spacial score (nSPS) is 15.0. The van der Waals surface area contributed by atoms with E-state index in [4.69, 9.17) is 24.8 Å². The van der Waals surface area contributed by atoms with Crippen LogP contribution in [0.3, 0.4) is 0 Å². The molecule has 6 heteroatoms. The molecule has 21 heavy (non-hydrogen) atoms. The average Bonchev–Trinajstić information content (AvgIpc) is 2.99. The van der Waals surface area contributed by atoms with Gasteiger partial charge in [-0.25, -0.2) is 0 Å². The Morgan fingerprint density at radius 2 is 1.29 bits per heavy atom. The first-order valence-corrected chi connectivity index (χ1v) is 7.16. The summed E-state index contributed by atoms with van der Waals surface area (Å²) < 4.78 is 10.0. The van der Waals surface area contributed by atoms with Crippen molar-refractivity contribution in [3.63, 3.8) is 0 Å². The maximum Gasteiger partial charge on any atom is 0.104 e. The number of rotatable bonds is 4. The van der Waals surface area contributed by atoms with Gasteiger partial charge in [-0.15, -0.1) is 0 Å². The Hall–Kier alpha value is 0.514.